The maximum atomic E-state index is 12.7. The highest BCUT2D eigenvalue weighted by Gasteiger charge is 2.52. The van der Waals surface area contributed by atoms with E-state index in [9.17, 15) is 14.4 Å². The van der Waals surface area contributed by atoms with E-state index in [0.717, 1.165) is 38.0 Å². The van der Waals surface area contributed by atoms with E-state index in [0.29, 0.717) is 43.9 Å². The van der Waals surface area contributed by atoms with Gasteiger partial charge in [-0.15, -0.1) is 0 Å². The number of likely N-dealkylation sites (N-methyl/N-ethyl adjacent to an activating group) is 1. The Labute approximate surface area is 202 Å². The Morgan fingerprint density at radius 3 is 2.59 bits per heavy atom. The van der Waals surface area contributed by atoms with Gasteiger partial charge in [0.25, 0.3) is 5.91 Å². The van der Waals surface area contributed by atoms with Gasteiger partial charge in [-0.05, 0) is 50.0 Å². The van der Waals surface area contributed by atoms with Crippen LogP contribution in [0.25, 0.3) is 0 Å². The van der Waals surface area contributed by atoms with Crippen LogP contribution in [-0.4, -0.2) is 73.1 Å². The number of hydrogen-bond donors (Lipinski definition) is 2. The topological polar surface area (TPSA) is 100 Å². The van der Waals surface area contributed by atoms with Gasteiger partial charge in [0.15, 0.2) is 11.5 Å². The van der Waals surface area contributed by atoms with Gasteiger partial charge in [0.1, 0.15) is 12.1 Å². The molecule has 1 aromatic carbocycles. The van der Waals surface area contributed by atoms with Crippen molar-refractivity contribution in [2.75, 3.05) is 39.9 Å². The first kappa shape index (κ1) is 25.8. The smallest absolute Gasteiger partial charge is 0.325 e. The lowest BCUT2D eigenvalue weighted by Crippen LogP contribution is -2.44. The number of urea groups is 1. The molecule has 3 rings (SSSR count). The van der Waals surface area contributed by atoms with Gasteiger partial charge in [-0.3, -0.25) is 14.5 Å². The van der Waals surface area contributed by atoms with Crippen LogP contribution in [0.5, 0.6) is 11.5 Å². The quantitative estimate of drug-likeness (QED) is 0.427. The van der Waals surface area contributed by atoms with Crippen molar-refractivity contribution in [2.45, 2.75) is 64.5 Å². The van der Waals surface area contributed by atoms with Gasteiger partial charge in [-0.2, -0.15) is 0 Å². The molecule has 0 unspecified atom stereocenters. The average molecular weight is 475 g/mol. The average Bonchev–Trinajstić information content (AvgIpc) is 3.40. The van der Waals surface area contributed by atoms with Crippen molar-refractivity contribution in [1.29, 1.82) is 0 Å². The molecule has 0 radical (unpaired) electrons. The highest BCUT2D eigenvalue weighted by atomic mass is 16.5. The molecule has 34 heavy (non-hydrogen) atoms. The molecule has 1 saturated carbocycles. The molecule has 9 heteroatoms. The van der Waals surface area contributed by atoms with Gasteiger partial charge in [0, 0.05) is 26.1 Å². The molecule has 1 aromatic rings. The zero-order valence-corrected chi connectivity index (χ0v) is 20.7. The van der Waals surface area contributed by atoms with Gasteiger partial charge in [-0.25, -0.2) is 4.79 Å². The van der Waals surface area contributed by atoms with Gasteiger partial charge >= 0.3 is 6.03 Å². The first-order chi connectivity index (χ1) is 16.4. The predicted octanol–water partition coefficient (Wildman–Crippen LogP) is 2.68. The van der Waals surface area contributed by atoms with Crippen LogP contribution in [0.2, 0.25) is 0 Å². The fourth-order valence-corrected chi connectivity index (χ4v) is 4.65. The zero-order valence-electron chi connectivity index (χ0n) is 20.7. The lowest BCUT2D eigenvalue weighted by Gasteiger charge is -2.20. The Bertz CT molecular complexity index is 865. The lowest BCUT2D eigenvalue weighted by molar-refractivity contribution is -0.131. The third-order valence-electron chi connectivity index (χ3n) is 6.77. The minimum atomic E-state index is -0.695. The first-order valence-corrected chi connectivity index (χ1v) is 12.3. The van der Waals surface area contributed by atoms with Crippen molar-refractivity contribution in [1.82, 2.24) is 20.4 Å². The number of nitrogens with zero attached hydrogens (tertiary/aromatic N) is 2. The second-order valence-corrected chi connectivity index (χ2v) is 8.92. The molecular weight excluding hydrogens is 436 g/mol. The van der Waals surface area contributed by atoms with Crippen LogP contribution in [0.3, 0.4) is 0 Å². The number of amides is 4. The predicted molar refractivity (Wildman–Crippen MR) is 129 cm³/mol. The van der Waals surface area contributed by atoms with Crippen LogP contribution in [0.4, 0.5) is 4.79 Å². The fraction of sp³-hybridized carbons (Fsp3) is 0.640. The highest BCUT2D eigenvalue weighted by Crippen LogP contribution is 2.35. The summed E-state index contributed by atoms with van der Waals surface area (Å²) in [5, 5.41) is 5.76. The molecule has 0 atom stereocenters. The van der Waals surface area contributed by atoms with Gasteiger partial charge in [0.2, 0.25) is 5.91 Å². The van der Waals surface area contributed by atoms with E-state index in [1.54, 1.807) is 7.11 Å². The van der Waals surface area contributed by atoms with Gasteiger partial charge in [-0.1, -0.05) is 32.8 Å². The first-order valence-electron chi connectivity index (χ1n) is 12.3. The summed E-state index contributed by atoms with van der Waals surface area (Å²) in [6.07, 6.45) is 4.00. The largest absolute Gasteiger partial charge is 0.493 e. The monoisotopic (exact) mass is 474 g/mol. The van der Waals surface area contributed by atoms with Crippen molar-refractivity contribution in [3.05, 3.63) is 23.8 Å². The molecule has 2 fully saturated rings. The molecule has 0 aromatic heterocycles. The normalized spacial score (nSPS) is 16.9. The highest BCUT2D eigenvalue weighted by molar-refractivity contribution is 6.07. The van der Waals surface area contributed by atoms with Crippen LogP contribution in [0.15, 0.2) is 18.2 Å². The summed E-state index contributed by atoms with van der Waals surface area (Å²) in [6.45, 7) is 8.26. The minimum absolute atomic E-state index is 0.124. The molecule has 1 aliphatic heterocycles. The Balaban J connectivity index is 1.41. The summed E-state index contributed by atoms with van der Waals surface area (Å²) in [6, 6.07) is 5.29. The number of imide groups is 1. The van der Waals surface area contributed by atoms with E-state index >= 15 is 0 Å². The standard InChI is InChI=1S/C25H38N4O5/c1-4-28(5-2)15-16-34-20-11-10-19(17-21(20)33-3)18-26-22(30)9-8-14-29-23(31)25(27-24(29)32)12-6-7-13-25/h10-11,17H,4-9,12-16,18H2,1-3H3,(H,26,30)(H,27,32). The van der Waals surface area contributed by atoms with Crippen molar-refractivity contribution in [2.24, 2.45) is 0 Å². The number of carbonyl (C=O) groups excluding carboxylic acids is 3. The lowest BCUT2D eigenvalue weighted by atomic mass is 9.98. The molecule has 9 nitrogen and oxygen atoms in total. The number of carbonyl (C=O) groups is 3. The summed E-state index contributed by atoms with van der Waals surface area (Å²) in [5.41, 5.74) is 0.207. The van der Waals surface area contributed by atoms with Crippen LogP contribution in [0.1, 0.15) is 57.9 Å². The van der Waals surface area contributed by atoms with Gasteiger partial charge < -0.3 is 25.0 Å². The van der Waals surface area contributed by atoms with E-state index < -0.39 is 5.54 Å². The van der Waals surface area contributed by atoms with Crippen LogP contribution in [-0.2, 0) is 16.1 Å². The molecule has 1 aliphatic carbocycles. The zero-order chi connectivity index (χ0) is 24.6. The minimum Gasteiger partial charge on any atom is -0.493 e. The van der Waals surface area contributed by atoms with E-state index in [1.807, 2.05) is 18.2 Å². The molecule has 188 valence electrons. The molecule has 4 amide bonds. The summed E-state index contributed by atoms with van der Waals surface area (Å²) in [5.74, 6) is 1.05. The fourth-order valence-electron chi connectivity index (χ4n) is 4.65. The molecular formula is C25H38N4O5. The summed E-state index contributed by atoms with van der Waals surface area (Å²) >= 11 is 0. The van der Waals surface area contributed by atoms with Crippen molar-refractivity contribution < 1.29 is 23.9 Å². The molecule has 1 spiro atoms. The third-order valence-corrected chi connectivity index (χ3v) is 6.77. The maximum absolute atomic E-state index is 12.7. The Morgan fingerprint density at radius 1 is 1.18 bits per heavy atom. The van der Waals surface area contributed by atoms with Crippen LogP contribution in [0, 0.1) is 0 Å². The SMILES string of the molecule is CCN(CC)CCOc1ccc(CNC(=O)CCCN2C(=O)NC3(CCCC3)C2=O)cc1OC. The molecule has 0 bridgehead atoms. The molecule has 1 saturated heterocycles. The van der Waals surface area contributed by atoms with E-state index in [1.165, 1.54) is 4.90 Å². The Morgan fingerprint density at radius 2 is 1.91 bits per heavy atom. The molecule has 2 aliphatic rings. The number of benzene rings is 1. The summed E-state index contributed by atoms with van der Waals surface area (Å²) in [7, 11) is 1.60. The number of nitrogens with one attached hydrogen (secondary N) is 2. The summed E-state index contributed by atoms with van der Waals surface area (Å²) < 4.78 is 11.3. The van der Waals surface area contributed by atoms with Gasteiger partial charge in [0.05, 0.1) is 7.11 Å². The number of hydrogen-bond acceptors (Lipinski definition) is 6. The molecule has 2 N–H and O–H groups in total. The number of rotatable bonds is 13. The number of ether oxygens (including phenoxy) is 2. The second-order valence-electron chi connectivity index (χ2n) is 8.92. The molecule has 1 heterocycles. The third kappa shape index (κ3) is 6.20. The van der Waals surface area contributed by atoms with E-state index in [4.69, 9.17) is 9.47 Å². The Hall–Kier alpha value is -2.81. The summed E-state index contributed by atoms with van der Waals surface area (Å²) in [4.78, 5) is 40.7. The van der Waals surface area contributed by atoms with Crippen molar-refractivity contribution in [3.8, 4) is 11.5 Å². The van der Waals surface area contributed by atoms with Crippen LogP contribution >= 0.6 is 0 Å². The van der Waals surface area contributed by atoms with E-state index in [-0.39, 0.29) is 30.8 Å². The number of methoxy groups -OCH3 is 1. The van der Waals surface area contributed by atoms with Crippen LogP contribution < -0.4 is 20.1 Å². The maximum Gasteiger partial charge on any atom is 0.325 e. The van der Waals surface area contributed by atoms with E-state index in [2.05, 4.69) is 29.4 Å². The Kier molecular flexibility index (Phi) is 9.15. The van der Waals surface area contributed by atoms with Crippen molar-refractivity contribution in [3.63, 3.8) is 0 Å². The second kappa shape index (κ2) is 12.1. The van der Waals surface area contributed by atoms with Crippen molar-refractivity contribution >= 4 is 17.8 Å².